The van der Waals surface area contributed by atoms with Gasteiger partial charge in [0.05, 0.1) is 10.4 Å². The molecule has 0 amide bonds. The normalized spacial score (nSPS) is 13.6. The van der Waals surface area contributed by atoms with Gasteiger partial charge in [-0.05, 0) is 58.8 Å². The minimum absolute atomic E-state index is 0.00554. The lowest BCUT2D eigenvalue weighted by Crippen LogP contribution is -2.24. The molecule has 0 aliphatic rings. The average Bonchev–Trinajstić information content (AvgIpc) is 2.61. The number of ketones is 1. The zero-order valence-electron chi connectivity index (χ0n) is 16.0. The third kappa shape index (κ3) is 5.86. The van der Waals surface area contributed by atoms with E-state index in [0.717, 1.165) is 35.9 Å². The molecule has 0 radical (unpaired) electrons. The Hall–Kier alpha value is -1.30. The second-order valence-corrected chi connectivity index (χ2v) is 9.12. The third-order valence-electron chi connectivity index (χ3n) is 4.10. The van der Waals surface area contributed by atoms with Gasteiger partial charge in [-0.1, -0.05) is 30.3 Å². The molecule has 1 aromatic carbocycles. The van der Waals surface area contributed by atoms with Crippen LogP contribution in [0.1, 0.15) is 40.7 Å². The first-order chi connectivity index (χ1) is 12.3. The summed E-state index contributed by atoms with van der Waals surface area (Å²) in [5.74, 6) is 1.89. The zero-order valence-corrected chi connectivity index (χ0v) is 17.7. The SMILES string of the molecule is Cc1ccc(C(=O)c2ccccc2)c(C(C)(S)CSCCCN(C)C)n1. The molecule has 0 aliphatic carbocycles. The fraction of sp³-hybridized carbons (Fsp3) is 0.429. The van der Waals surface area contributed by atoms with Crippen molar-refractivity contribution in [1.82, 2.24) is 9.88 Å². The second kappa shape index (κ2) is 9.58. The molecule has 3 nitrogen and oxygen atoms in total. The van der Waals surface area contributed by atoms with E-state index >= 15 is 0 Å². The molecule has 140 valence electrons. The van der Waals surface area contributed by atoms with Crippen molar-refractivity contribution < 1.29 is 4.79 Å². The van der Waals surface area contributed by atoms with Crippen molar-refractivity contribution in [2.24, 2.45) is 0 Å². The van der Waals surface area contributed by atoms with E-state index in [2.05, 4.69) is 25.9 Å². The summed E-state index contributed by atoms with van der Waals surface area (Å²) in [5, 5.41) is 0. The molecule has 0 N–H and O–H groups in total. The maximum absolute atomic E-state index is 13.0. The van der Waals surface area contributed by atoms with Crippen LogP contribution in [-0.2, 0) is 4.75 Å². The first kappa shape index (κ1) is 21.0. The van der Waals surface area contributed by atoms with Crippen molar-refractivity contribution in [2.75, 3.05) is 32.1 Å². The monoisotopic (exact) mass is 388 g/mol. The summed E-state index contributed by atoms with van der Waals surface area (Å²) in [6.07, 6.45) is 1.14. The molecule has 1 unspecified atom stereocenters. The summed E-state index contributed by atoms with van der Waals surface area (Å²) < 4.78 is -0.464. The van der Waals surface area contributed by atoms with Crippen LogP contribution in [0.15, 0.2) is 42.5 Å². The smallest absolute Gasteiger partial charge is 0.194 e. The summed E-state index contributed by atoms with van der Waals surface area (Å²) in [7, 11) is 4.18. The summed E-state index contributed by atoms with van der Waals surface area (Å²) in [6, 6.07) is 13.2. The van der Waals surface area contributed by atoms with Crippen LogP contribution >= 0.6 is 24.4 Å². The number of hydrogen-bond donors (Lipinski definition) is 1. The summed E-state index contributed by atoms with van der Waals surface area (Å²) in [5.41, 5.74) is 3.01. The van der Waals surface area contributed by atoms with Gasteiger partial charge in [-0.25, -0.2) is 0 Å². The maximum atomic E-state index is 13.0. The molecule has 0 fully saturated rings. The van der Waals surface area contributed by atoms with E-state index in [0.29, 0.717) is 11.1 Å². The molecule has 0 saturated heterocycles. The highest BCUT2D eigenvalue weighted by atomic mass is 32.2. The highest BCUT2D eigenvalue weighted by molar-refractivity contribution is 8.00. The van der Waals surface area contributed by atoms with E-state index in [1.807, 2.05) is 61.2 Å². The van der Waals surface area contributed by atoms with Gasteiger partial charge in [-0.3, -0.25) is 9.78 Å². The zero-order chi connectivity index (χ0) is 19.2. The van der Waals surface area contributed by atoms with Crippen molar-refractivity contribution in [2.45, 2.75) is 25.0 Å². The lowest BCUT2D eigenvalue weighted by molar-refractivity contribution is 0.103. The van der Waals surface area contributed by atoms with Gasteiger partial charge in [-0.2, -0.15) is 24.4 Å². The Morgan fingerprint density at radius 1 is 1.19 bits per heavy atom. The number of thioether (sulfide) groups is 1. The molecule has 0 saturated carbocycles. The number of nitrogens with zero attached hydrogens (tertiary/aromatic N) is 2. The third-order valence-corrected chi connectivity index (χ3v) is 6.05. The average molecular weight is 389 g/mol. The van der Waals surface area contributed by atoms with E-state index in [-0.39, 0.29) is 5.78 Å². The van der Waals surface area contributed by atoms with Gasteiger partial charge in [-0.15, -0.1) is 0 Å². The van der Waals surface area contributed by atoms with Gasteiger partial charge >= 0.3 is 0 Å². The van der Waals surface area contributed by atoms with Crippen LogP contribution in [0.3, 0.4) is 0 Å². The van der Waals surface area contributed by atoms with Gasteiger partial charge < -0.3 is 4.90 Å². The minimum atomic E-state index is -0.464. The Bertz CT molecular complexity index is 730. The molecule has 26 heavy (non-hydrogen) atoms. The molecular weight excluding hydrogens is 360 g/mol. The van der Waals surface area contributed by atoms with Crippen LogP contribution in [-0.4, -0.2) is 47.8 Å². The highest BCUT2D eigenvalue weighted by Gasteiger charge is 2.29. The molecular formula is C21H28N2OS2. The number of benzene rings is 1. The number of pyridine rings is 1. The quantitative estimate of drug-likeness (QED) is 0.391. The highest BCUT2D eigenvalue weighted by Crippen LogP contribution is 2.34. The maximum Gasteiger partial charge on any atom is 0.194 e. The lowest BCUT2D eigenvalue weighted by Gasteiger charge is -2.25. The number of thiol groups is 1. The molecule has 1 atom stereocenters. The lowest BCUT2D eigenvalue weighted by atomic mass is 9.95. The van der Waals surface area contributed by atoms with Crippen LogP contribution < -0.4 is 0 Å². The van der Waals surface area contributed by atoms with E-state index < -0.39 is 4.75 Å². The predicted octanol–water partition coefficient (Wildman–Crippen LogP) is 4.45. The number of rotatable bonds is 9. The van der Waals surface area contributed by atoms with Crippen LogP contribution in [0, 0.1) is 6.92 Å². The van der Waals surface area contributed by atoms with Crippen LogP contribution in [0.4, 0.5) is 0 Å². The molecule has 0 aliphatic heterocycles. The van der Waals surface area contributed by atoms with Gasteiger partial charge in [0.25, 0.3) is 0 Å². The number of carbonyl (C=O) groups excluding carboxylic acids is 1. The molecule has 2 aromatic rings. The number of aryl methyl sites for hydroxylation is 1. The van der Waals surface area contributed by atoms with Crippen molar-refractivity contribution in [3.63, 3.8) is 0 Å². The Balaban J connectivity index is 2.19. The summed E-state index contributed by atoms with van der Waals surface area (Å²) in [6.45, 7) is 5.09. The molecule has 1 heterocycles. The van der Waals surface area contributed by atoms with Crippen molar-refractivity contribution in [3.8, 4) is 0 Å². The van der Waals surface area contributed by atoms with Gasteiger partial charge in [0.1, 0.15) is 0 Å². The second-order valence-electron chi connectivity index (χ2n) is 7.03. The fourth-order valence-corrected chi connectivity index (χ4v) is 4.17. The van der Waals surface area contributed by atoms with Crippen molar-refractivity contribution >= 4 is 30.2 Å². The topological polar surface area (TPSA) is 33.2 Å². The Kier molecular flexibility index (Phi) is 7.74. The summed E-state index contributed by atoms with van der Waals surface area (Å²) >= 11 is 6.76. The van der Waals surface area contributed by atoms with E-state index in [4.69, 9.17) is 17.6 Å². The minimum Gasteiger partial charge on any atom is -0.309 e. The fourth-order valence-electron chi connectivity index (χ4n) is 2.72. The molecule has 0 spiro atoms. The first-order valence-electron chi connectivity index (χ1n) is 8.84. The number of aromatic nitrogens is 1. The standard InChI is InChI=1S/C21H28N2OS2/c1-16-11-12-18(19(24)17-9-6-5-7-10-17)20(22-16)21(2,25)15-26-14-8-13-23(3)4/h5-7,9-12,25H,8,13-15H2,1-4H3. The van der Waals surface area contributed by atoms with E-state index in [1.54, 1.807) is 0 Å². The number of hydrogen-bond acceptors (Lipinski definition) is 5. The van der Waals surface area contributed by atoms with Crippen molar-refractivity contribution in [1.29, 1.82) is 0 Å². The molecule has 5 heteroatoms. The van der Waals surface area contributed by atoms with Crippen LogP contribution in [0.2, 0.25) is 0 Å². The molecule has 1 aromatic heterocycles. The predicted molar refractivity (Wildman–Crippen MR) is 116 cm³/mol. The Morgan fingerprint density at radius 2 is 1.88 bits per heavy atom. The molecule has 0 bridgehead atoms. The van der Waals surface area contributed by atoms with Gasteiger partial charge in [0.2, 0.25) is 0 Å². The summed E-state index contributed by atoms with van der Waals surface area (Å²) in [4.78, 5) is 19.9. The van der Waals surface area contributed by atoms with Crippen LogP contribution in [0.25, 0.3) is 0 Å². The Labute approximate surface area is 167 Å². The van der Waals surface area contributed by atoms with E-state index in [9.17, 15) is 4.79 Å². The van der Waals surface area contributed by atoms with E-state index in [1.165, 1.54) is 0 Å². The first-order valence-corrected chi connectivity index (χ1v) is 10.4. The molecule has 2 rings (SSSR count). The van der Waals surface area contributed by atoms with Gasteiger partial charge in [0.15, 0.2) is 5.78 Å². The Morgan fingerprint density at radius 3 is 2.54 bits per heavy atom. The number of carbonyl (C=O) groups is 1. The largest absolute Gasteiger partial charge is 0.309 e. The van der Waals surface area contributed by atoms with Gasteiger partial charge in [0, 0.05) is 22.6 Å². The van der Waals surface area contributed by atoms with Crippen LogP contribution in [0.5, 0.6) is 0 Å². The van der Waals surface area contributed by atoms with Crippen molar-refractivity contribution in [3.05, 3.63) is 65.0 Å².